The predicted molar refractivity (Wildman–Crippen MR) is 148 cm³/mol. The number of halogens is 4. The zero-order valence-electron chi connectivity index (χ0n) is 23.6. The topological polar surface area (TPSA) is 134 Å². The van der Waals surface area contributed by atoms with Crippen LogP contribution in [-0.2, 0) is 4.74 Å². The molecule has 1 amide bonds. The van der Waals surface area contributed by atoms with Gasteiger partial charge < -0.3 is 24.0 Å². The monoisotopic (exact) mass is 618 g/mol. The van der Waals surface area contributed by atoms with E-state index in [1.807, 2.05) is 0 Å². The molecule has 0 unspecified atom stereocenters. The lowest BCUT2D eigenvalue weighted by Crippen LogP contribution is -2.40. The minimum Gasteiger partial charge on any atom is -0.453 e. The van der Waals surface area contributed by atoms with E-state index in [1.54, 1.807) is 0 Å². The summed E-state index contributed by atoms with van der Waals surface area (Å²) < 4.78 is 69.2. The molecule has 234 valence electrons. The average molecular weight is 619 g/mol. The quantitative estimate of drug-likeness (QED) is 0.261. The van der Waals surface area contributed by atoms with Gasteiger partial charge >= 0.3 is 6.09 Å². The summed E-state index contributed by atoms with van der Waals surface area (Å²) in [5.74, 6) is -1.64. The van der Waals surface area contributed by atoms with E-state index in [2.05, 4.69) is 15.6 Å². The number of amides is 1. The van der Waals surface area contributed by atoms with Gasteiger partial charge in [-0.3, -0.25) is 9.59 Å². The molecule has 0 bridgehead atoms. The Morgan fingerprint density at radius 3 is 1.91 bits per heavy atom. The van der Waals surface area contributed by atoms with Gasteiger partial charge in [0.2, 0.25) is 0 Å². The molecule has 4 atom stereocenters. The number of nitrogens with zero attached hydrogens (tertiary/aromatic N) is 1. The molecule has 0 aliphatic carbocycles. The van der Waals surface area contributed by atoms with Crippen LogP contribution < -0.4 is 16.4 Å². The number of ether oxygens (including phenoxy) is 1. The van der Waals surface area contributed by atoms with Gasteiger partial charge in [-0.2, -0.15) is 10.3 Å². The van der Waals surface area contributed by atoms with Crippen molar-refractivity contribution in [3.05, 3.63) is 115 Å². The number of hydrogen-bond donors (Lipinski definition) is 3. The maximum Gasteiger partial charge on any atom is 0.409 e. The number of aromatic amines is 2. The van der Waals surface area contributed by atoms with Crippen LogP contribution in [0.4, 0.5) is 22.4 Å². The van der Waals surface area contributed by atoms with Gasteiger partial charge in [0.15, 0.2) is 0 Å². The lowest BCUT2D eigenvalue weighted by Gasteiger charge is -2.38. The highest BCUT2D eigenvalue weighted by atomic mass is 19.1. The van der Waals surface area contributed by atoms with Gasteiger partial charge in [0, 0.05) is 59.8 Å². The van der Waals surface area contributed by atoms with E-state index in [9.17, 15) is 31.9 Å². The first kappa shape index (κ1) is 30.9. The van der Waals surface area contributed by atoms with Crippen molar-refractivity contribution in [2.45, 2.75) is 49.6 Å². The number of carbonyl (C=O) groups is 1. The Balaban J connectivity index is 0.000000177. The van der Waals surface area contributed by atoms with Gasteiger partial charge in [-0.15, -0.1) is 0 Å². The molecule has 2 aliphatic rings. The lowest BCUT2D eigenvalue weighted by atomic mass is 9.85. The molecule has 0 radical (unpaired) electrons. The third-order valence-electron chi connectivity index (χ3n) is 7.97. The number of carbonyl (C=O) groups excluding carboxylic acids is 1. The molecule has 3 N–H and O–H groups in total. The fourth-order valence-corrected chi connectivity index (χ4v) is 5.82. The van der Waals surface area contributed by atoms with Crippen LogP contribution in [0.2, 0.25) is 0 Å². The Morgan fingerprint density at radius 1 is 0.818 bits per heavy atom. The van der Waals surface area contributed by atoms with Crippen LogP contribution in [0, 0.1) is 23.3 Å². The Hall–Kier alpha value is -4.59. The summed E-state index contributed by atoms with van der Waals surface area (Å²) in [5, 5.41) is 7.70. The van der Waals surface area contributed by atoms with E-state index in [1.165, 1.54) is 42.3 Å². The van der Waals surface area contributed by atoms with Gasteiger partial charge in [-0.25, -0.2) is 22.4 Å². The number of H-pyrrole nitrogens is 2. The molecule has 0 spiro atoms. The zero-order valence-corrected chi connectivity index (χ0v) is 23.6. The summed E-state index contributed by atoms with van der Waals surface area (Å²) in [7, 11) is 1.25. The first-order chi connectivity index (χ1) is 21.1. The summed E-state index contributed by atoms with van der Waals surface area (Å²) in [6.45, 7) is 0.981. The van der Waals surface area contributed by atoms with Crippen molar-refractivity contribution in [3.63, 3.8) is 0 Å². The number of likely N-dealkylation sites (tertiary alicyclic amines) is 1. The minimum absolute atomic E-state index is 0.0460. The molecule has 14 heteroatoms. The van der Waals surface area contributed by atoms with E-state index in [4.69, 9.17) is 13.8 Å². The SMILES string of the molecule is COC(=O)N1CC[C@H](c2cc(=O)[nH]o2)C[C@@H]1c1ccc(F)cc1F.O=c1cc([C@H]2CCN[C@@H](c3ccc(F)cc3F)C2)o[nH]1. The van der Waals surface area contributed by atoms with Crippen molar-refractivity contribution in [1.29, 1.82) is 0 Å². The van der Waals surface area contributed by atoms with Crippen LogP contribution in [-0.4, -0.2) is 41.5 Å². The van der Waals surface area contributed by atoms with Crippen LogP contribution in [0.15, 0.2) is 67.2 Å². The fraction of sp³-hybridized carbons (Fsp3) is 0.367. The first-order valence-corrected chi connectivity index (χ1v) is 14.0. The van der Waals surface area contributed by atoms with Crippen molar-refractivity contribution in [2.75, 3.05) is 20.2 Å². The summed E-state index contributed by atoms with van der Waals surface area (Å²) in [6.07, 6.45) is 1.69. The number of rotatable bonds is 4. The second-order valence-electron chi connectivity index (χ2n) is 10.7. The molecular formula is C30H30F4N4O6. The predicted octanol–water partition coefficient (Wildman–Crippen LogP) is 5.39. The first-order valence-electron chi connectivity index (χ1n) is 14.0. The molecule has 4 aromatic rings. The molecule has 0 saturated carbocycles. The normalized spacial score (nSPS) is 21.8. The van der Waals surface area contributed by atoms with Crippen molar-refractivity contribution < 1.29 is 36.1 Å². The van der Waals surface area contributed by atoms with Gasteiger partial charge in [0.1, 0.15) is 34.8 Å². The van der Waals surface area contributed by atoms with Gasteiger partial charge in [-0.05, 0) is 44.4 Å². The third kappa shape index (κ3) is 6.96. The molecule has 2 aromatic carbocycles. The summed E-state index contributed by atoms with van der Waals surface area (Å²) >= 11 is 0. The highest BCUT2D eigenvalue weighted by molar-refractivity contribution is 5.68. The van der Waals surface area contributed by atoms with Crippen molar-refractivity contribution in [2.24, 2.45) is 0 Å². The van der Waals surface area contributed by atoms with E-state index < -0.39 is 35.4 Å². The fourth-order valence-electron chi connectivity index (χ4n) is 5.82. The van der Waals surface area contributed by atoms with Crippen LogP contribution in [0.3, 0.4) is 0 Å². The number of hydrogen-bond acceptors (Lipinski definition) is 7. The number of aromatic nitrogens is 2. The molecular weight excluding hydrogens is 588 g/mol. The smallest absolute Gasteiger partial charge is 0.409 e. The Labute approximate surface area is 247 Å². The largest absolute Gasteiger partial charge is 0.453 e. The van der Waals surface area contributed by atoms with E-state index >= 15 is 0 Å². The molecule has 2 aliphatic heterocycles. The molecule has 2 fully saturated rings. The van der Waals surface area contributed by atoms with Crippen LogP contribution in [0.5, 0.6) is 0 Å². The van der Waals surface area contributed by atoms with Crippen LogP contribution >= 0.6 is 0 Å². The second-order valence-corrected chi connectivity index (χ2v) is 10.7. The number of benzene rings is 2. The van der Waals surface area contributed by atoms with Crippen LogP contribution in [0.1, 0.15) is 72.3 Å². The number of nitrogens with one attached hydrogen (secondary N) is 3. The number of methoxy groups -OCH3 is 1. The summed E-state index contributed by atoms with van der Waals surface area (Å²) in [6, 6.07) is 8.76. The third-order valence-corrected chi connectivity index (χ3v) is 7.97. The molecule has 2 aromatic heterocycles. The zero-order chi connectivity index (χ0) is 31.4. The minimum atomic E-state index is -0.731. The molecule has 10 nitrogen and oxygen atoms in total. The van der Waals surface area contributed by atoms with Gasteiger partial charge in [0.25, 0.3) is 11.1 Å². The van der Waals surface area contributed by atoms with Crippen molar-refractivity contribution in [1.82, 2.24) is 20.5 Å². The standard InChI is InChI=1S/C16H16F2N2O4.C14H14F2N2O2/c1-23-16(22)20-5-4-9(14-8-15(21)19-24-14)6-13(20)11-3-2-10(17)7-12(11)18;15-9-1-2-10(11(16)6-9)12-5-8(3-4-17-12)13-7-14(19)18-20-13/h2-3,7-9,13H,4-6H2,1H3,(H,19,21);1-2,6-8,12,17H,3-5H2,(H,18,19)/t9-,13+;8-,12+/m00/s1. The van der Waals surface area contributed by atoms with Gasteiger partial charge in [-0.1, -0.05) is 12.1 Å². The number of piperidine rings is 2. The van der Waals surface area contributed by atoms with Gasteiger partial charge in [0.05, 0.1) is 13.2 Å². The Morgan fingerprint density at radius 2 is 1.39 bits per heavy atom. The molecule has 44 heavy (non-hydrogen) atoms. The molecule has 6 rings (SSSR count). The Bertz CT molecular complexity index is 1720. The highest BCUT2D eigenvalue weighted by Gasteiger charge is 2.36. The van der Waals surface area contributed by atoms with E-state index in [0.717, 1.165) is 24.6 Å². The summed E-state index contributed by atoms with van der Waals surface area (Å²) in [4.78, 5) is 35.8. The maximum atomic E-state index is 14.2. The summed E-state index contributed by atoms with van der Waals surface area (Å²) in [5.41, 5.74) is 0.00585. The van der Waals surface area contributed by atoms with Crippen molar-refractivity contribution >= 4 is 6.09 Å². The highest BCUT2D eigenvalue weighted by Crippen LogP contribution is 2.40. The van der Waals surface area contributed by atoms with E-state index in [0.29, 0.717) is 49.4 Å². The lowest BCUT2D eigenvalue weighted by molar-refractivity contribution is 0.0804. The second kappa shape index (κ2) is 13.4. The average Bonchev–Trinajstić information content (AvgIpc) is 3.65. The van der Waals surface area contributed by atoms with Crippen molar-refractivity contribution in [3.8, 4) is 0 Å². The maximum absolute atomic E-state index is 14.2. The molecule has 4 heterocycles. The van der Waals surface area contributed by atoms with Crippen LogP contribution in [0.25, 0.3) is 0 Å². The Kier molecular flexibility index (Phi) is 9.37. The molecule has 2 saturated heterocycles. The van der Waals surface area contributed by atoms with E-state index in [-0.39, 0.29) is 34.6 Å².